The Morgan fingerprint density at radius 2 is 1.60 bits per heavy atom. The highest BCUT2D eigenvalue weighted by Gasteiger charge is 2.13. The van der Waals surface area contributed by atoms with Crippen LogP contribution >= 0.6 is 11.3 Å². The molecule has 1 aromatic carbocycles. The van der Waals surface area contributed by atoms with Crippen LogP contribution < -0.4 is 0 Å². The number of rotatable bonds is 5. The monoisotopic (exact) mass is 427 g/mol. The van der Waals surface area contributed by atoms with Gasteiger partial charge in [-0.05, 0) is 25.9 Å². The van der Waals surface area contributed by atoms with E-state index in [1.54, 1.807) is 0 Å². The van der Waals surface area contributed by atoms with Gasteiger partial charge < -0.3 is 10.2 Å². The second kappa shape index (κ2) is 10.7. The lowest BCUT2D eigenvalue weighted by molar-refractivity contribution is -0.134. The summed E-state index contributed by atoms with van der Waals surface area (Å²) in [5.74, 6) is -2.51. The molecule has 2 aromatic heterocycles. The zero-order valence-corrected chi connectivity index (χ0v) is 17.4. The van der Waals surface area contributed by atoms with Crippen LogP contribution in [0.4, 0.5) is 0 Å². The molecule has 0 aliphatic carbocycles. The maximum atomic E-state index is 9.55. The van der Waals surface area contributed by atoms with Gasteiger partial charge in [0.1, 0.15) is 0 Å². The zero-order valence-electron chi connectivity index (χ0n) is 16.6. The van der Waals surface area contributed by atoms with Crippen molar-refractivity contribution in [2.45, 2.75) is 32.2 Å². The molecule has 3 heterocycles. The highest BCUT2D eigenvalue weighted by atomic mass is 32.1. The number of benzene rings is 1. The van der Waals surface area contributed by atoms with Crippen molar-refractivity contribution in [3.8, 4) is 11.3 Å². The van der Waals surface area contributed by atoms with E-state index in [1.807, 2.05) is 17.4 Å². The normalized spacial score (nSPS) is 14.9. The number of carboxylic acid groups (broad SMARTS) is 2. The summed E-state index contributed by atoms with van der Waals surface area (Å²) in [5.41, 5.74) is 2.25. The first-order valence-corrected chi connectivity index (χ1v) is 10.7. The van der Waals surface area contributed by atoms with E-state index in [0.717, 1.165) is 17.2 Å². The van der Waals surface area contributed by atoms with Gasteiger partial charge in [-0.25, -0.2) is 14.6 Å². The van der Waals surface area contributed by atoms with E-state index < -0.39 is 11.9 Å². The maximum Gasteiger partial charge on any atom is 0.328 e. The van der Waals surface area contributed by atoms with E-state index in [9.17, 15) is 9.59 Å². The molecule has 2 N–H and O–H groups in total. The number of carboxylic acids is 2. The Morgan fingerprint density at radius 1 is 0.967 bits per heavy atom. The van der Waals surface area contributed by atoms with Crippen LogP contribution in [0.5, 0.6) is 0 Å². The molecule has 0 radical (unpaired) electrons. The second-order valence-corrected chi connectivity index (χ2v) is 8.17. The fourth-order valence-corrected chi connectivity index (χ4v) is 4.32. The summed E-state index contributed by atoms with van der Waals surface area (Å²) in [6.45, 7) is 3.57. The van der Waals surface area contributed by atoms with Crippen molar-refractivity contribution in [1.29, 1.82) is 0 Å². The molecule has 8 heteroatoms. The summed E-state index contributed by atoms with van der Waals surface area (Å²) in [7, 11) is 0. The molecule has 158 valence electrons. The lowest BCUT2D eigenvalue weighted by atomic mass is 10.2. The maximum absolute atomic E-state index is 9.55. The van der Waals surface area contributed by atoms with Gasteiger partial charge in [0.05, 0.1) is 5.69 Å². The van der Waals surface area contributed by atoms with Crippen molar-refractivity contribution in [1.82, 2.24) is 14.3 Å². The molecule has 30 heavy (non-hydrogen) atoms. The minimum absolute atomic E-state index is 0.558. The van der Waals surface area contributed by atoms with Crippen LogP contribution in [0.3, 0.4) is 0 Å². The van der Waals surface area contributed by atoms with Crippen molar-refractivity contribution in [3.63, 3.8) is 0 Å². The summed E-state index contributed by atoms with van der Waals surface area (Å²) in [6, 6.07) is 10.4. The van der Waals surface area contributed by atoms with E-state index in [1.165, 1.54) is 49.2 Å². The number of hydrogen-bond donors (Lipinski definition) is 2. The minimum Gasteiger partial charge on any atom is -0.478 e. The lowest BCUT2D eigenvalue weighted by Gasteiger charge is -2.18. The molecule has 1 aliphatic rings. The quantitative estimate of drug-likeness (QED) is 0.594. The van der Waals surface area contributed by atoms with E-state index in [-0.39, 0.29) is 0 Å². The van der Waals surface area contributed by atoms with Gasteiger partial charge in [-0.1, -0.05) is 54.5 Å². The molecule has 0 amide bonds. The van der Waals surface area contributed by atoms with Crippen molar-refractivity contribution in [2.75, 3.05) is 13.1 Å². The standard InChI is InChI=1S/C18H21N3S.C4H4O4/c1-2-7-11-20(10-6-1)12-16-13-21-14-17(19-18(21)22-16)15-8-4-3-5-9-15;5-3(6)1-2-4(7)8/h3-5,8-9,13-14H,1-2,6-7,10-12H2;1-2H,(H,5,6)(H,7,8). The Balaban J connectivity index is 0.000000275. The molecule has 3 aromatic rings. The Labute approximate surface area is 178 Å². The Kier molecular flexibility index (Phi) is 7.75. The topological polar surface area (TPSA) is 95.1 Å². The molecule has 1 saturated heterocycles. The summed E-state index contributed by atoms with van der Waals surface area (Å²) in [4.78, 5) is 29.0. The van der Waals surface area contributed by atoms with Crippen LogP contribution in [0.25, 0.3) is 16.2 Å². The van der Waals surface area contributed by atoms with Crippen LogP contribution in [-0.4, -0.2) is 49.5 Å². The van der Waals surface area contributed by atoms with E-state index >= 15 is 0 Å². The largest absolute Gasteiger partial charge is 0.478 e. The summed E-state index contributed by atoms with van der Waals surface area (Å²) in [5, 5.41) is 15.6. The van der Waals surface area contributed by atoms with Gasteiger partial charge in [-0.3, -0.25) is 9.30 Å². The predicted molar refractivity (Wildman–Crippen MR) is 117 cm³/mol. The van der Waals surface area contributed by atoms with Gasteiger partial charge in [-0.15, -0.1) is 0 Å². The van der Waals surface area contributed by atoms with Crippen molar-refractivity contribution < 1.29 is 19.8 Å². The van der Waals surface area contributed by atoms with Crippen LogP contribution in [0, 0.1) is 0 Å². The van der Waals surface area contributed by atoms with Gasteiger partial charge in [0.15, 0.2) is 4.96 Å². The Hall–Kier alpha value is -2.97. The number of nitrogens with zero attached hydrogens (tertiary/aromatic N) is 3. The number of fused-ring (bicyclic) bond motifs is 1. The average molecular weight is 428 g/mol. The summed E-state index contributed by atoms with van der Waals surface area (Å²) in [6.07, 6.45) is 11.0. The van der Waals surface area contributed by atoms with Gasteiger partial charge in [0.25, 0.3) is 0 Å². The SMILES string of the molecule is O=C(O)C=CC(=O)O.c1ccc(-c2cn3cc(CN4CCCCCC4)sc3n2)cc1. The van der Waals surface area contributed by atoms with Crippen molar-refractivity contribution in [2.24, 2.45) is 0 Å². The van der Waals surface area contributed by atoms with Crippen LogP contribution in [0.1, 0.15) is 30.6 Å². The number of thiazole rings is 1. The number of aliphatic carboxylic acids is 2. The molecule has 0 atom stereocenters. The predicted octanol–water partition coefficient (Wildman–Crippen LogP) is 4.15. The second-order valence-electron chi connectivity index (χ2n) is 7.08. The third kappa shape index (κ3) is 6.53. The molecule has 4 rings (SSSR count). The number of likely N-dealkylation sites (tertiary alicyclic amines) is 1. The summed E-state index contributed by atoms with van der Waals surface area (Å²) >= 11 is 1.82. The molecule has 0 bridgehead atoms. The number of carbonyl (C=O) groups is 2. The Bertz CT molecular complexity index is 954. The molecule has 1 aliphatic heterocycles. The number of aromatic nitrogens is 2. The molecular weight excluding hydrogens is 402 g/mol. The third-order valence-corrected chi connectivity index (χ3v) is 5.70. The lowest BCUT2D eigenvalue weighted by Crippen LogP contribution is -2.23. The fourth-order valence-electron chi connectivity index (χ4n) is 3.32. The molecule has 0 saturated carbocycles. The zero-order chi connectivity index (χ0) is 21.3. The smallest absolute Gasteiger partial charge is 0.328 e. The minimum atomic E-state index is -1.26. The molecule has 1 fully saturated rings. The molecule has 0 unspecified atom stereocenters. The Morgan fingerprint density at radius 3 is 2.17 bits per heavy atom. The molecule has 0 spiro atoms. The van der Waals surface area contributed by atoms with Gasteiger partial charge >= 0.3 is 11.9 Å². The van der Waals surface area contributed by atoms with Crippen LogP contribution in [0.15, 0.2) is 54.9 Å². The first-order chi connectivity index (χ1) is 14.5. The highest BCUT2D eigenvalue weighted by molar-refractivity contribution is 7.17. The van der Waals surface area contributed by atoms with E-state index in [0.29, 0.717) is 12.2 Å². The van der Waals surface area contributed by atoms with Crippen molar-refractivity contribution >= 4 is 28.2 Å². The van der Waals surface area contributed by atoms with Gasteiger partial charge in [-0.2, -0.15) is 0 Å². The first kappa shape index (κ1) is 21.7. The molecule has 7 nitrogen and oxygen atoms in total. The van der Waals surface area contributed by atoms with Crippen LogP contribution in [0.2, 0.25) is 0 Å². The summed E-state index contributed by atoms with van der Waals surface area (Å²) < 4.78 is 2.18. The molecular formula is C22H25N3O4S. The average Bonchev–Trinajstić information content (AvgIpc) is 3.17. The number of imidazole rings is 1. The first-order valence-electron chi connectivity index (χ1n) is 9.90. The van der Waals surface area contributed by atoms with Gasteiger partial charge in [0.2, 0.25) is 0 Å². The highest BCUT2D eigenvalue weighted by Crippen LogP contribution is 2.25. The van der Waals surface area contributed by atoms with Crippen molar-refractivity contribution in [3.05, 3.63) is 59.8 Å². The van der Waals surface area contributed by atoms with E-state index in [4.69, 9.17) is 15.2 Å². The number of hydrogen-bond acceptors (Lipinski definition) is 5. The van der Waals surface area contributed by atoms with E-state index in [2.05, 4.69) is 46.0 Å². The van der Waals surface area contributed by atoms with Crippen LogP contribution in [-0.2, 0) is 16.1 Å². The third-order valence-electron chi connectivity index (χ3n) is 4.72. The fraction of sp³-hybridized carbons (Fsp3) is 0.318. The van der Waals surface area contributed by atoms with Gasteiger partial charge in [0, 0.05) is 41.5 Å².